The summed E-state index contributed by atoms with van der Waals surface area (Å²) in [7, 11) is 0. The second-order valence-electron chi connectivity index (χ2n) is 5.00. The fourth-order valence-electron chi connectivity index (χ4n) is 2.53. The van der Waals surface area contributed by atoms with Gasteiger partial charge in [0, 0.05) is 6.04 Å². The van der Waals surface area contributed by atoms with E-state index in [1.807, 2.05) is 0 Å². The van der Waals surface area contributed by atoms with E-state index >= 15 is 0 Å². The first-order valence-corrected chi connectivity index (χ1v) is 6.35. The third-order valence-electron chi connectivity index (χ3n) is 3.56. The van der Waals surface area contributed by atoms with Crippen molar-refractivity contribution in [1.82, 2.24) is 5.32 Å². The molecule has 0 radical (unpaired) electrons. The van der Waals surface area contributed by atoms with Crippen molar-refractivity contribution in [2.24, 2.45) is 11.7 Å². The van der Waals surface area contributed by atoms with Crippen LogP contribution >= 0.6 is 0 Å². The summed E-state index contributed by atoms with van der Waals surface area (Å²) in [5, 5.41) is 2.71. The van der Waals surface area contributed by atoms with Crippen molar-refractivity contribution in [1.29, 1.82) is 0 Å². The van der Waals surface area contributed by atoms with Crippen molar-refractivity contribution in [3.05, 3.63) is 35.1 Å². The molecule has 1 aromatic rings. The Kier molecular flexibility index (Phi) is 3.83. The minimum absolute atomic E-state index is 0.00937. The van der Waals surface area contributed by atoms with Gasteiger partial charge < -0.3 is 11.1 Å². The molecule has 1 aliphatic carbocycles. The van der Waals surface area contributed by atoms with Gasteiger partial charge in [0.1, 0.15) is 5.82 Å². The van der Waals surface area contributed by atoms with Crippen LogP contribution in [0.2, 0.25) is 0 Å². The third kappa shape index (κ3) is 2.92. The van der Waals surface area contributed by atoms with Crippen LogP contribution in [0.25, 0.3) is 0 Å². The molecule has 5 heteroatoms. The molecule has 3 N–H and O–H groups in total. The van der Waals surface area contributed by atoms with Crippen molar-refractivity contribution >= 4 is 11.8 Å². The fourth-order valence-corrected chi connectivity index (χ4v) is 2.53. The Balaban J connectivity index is 2.12. The smallest absolute Gasteiger partial charge is 0.254 e. The number of hydrogen-bond acceptors (Lipinski definition) is 2. The molecule has 2 amide bonds. The molecule has 0 spiro atoms. The van der Waals surface area contributed by atoms with Gasteiger partial charge in [-0.2, -0.15) is 0 Å². The number of aryl methyl sites for hydroxylation is 1. The maximum absolute atomic E-state index is 13.6. The lowest BCUT2D eigenvalue weighted by molar-refractivity contribution is -0.122. The Morgan fingerprint density at radius 2 is 2.11 bits per heavy atom. The number of carbonyl (C=O) groups is 2. The van der Waals surface area contributed by atoms with Crippen molar-refractivity contribution in [3.8, 4) is 0 Å². The van der Waals surface area contributed by atoms with E-state index in [0.29, 0.717) is 12.8 Å². The molecule has 19 heavy (non-hydrogen) atoms. The number of nitrogens with one attached hydrogen (secondary N) is 1. The molecule has 2 rings (SSSR count). The van der Waals surface area contributed by atoms with E-state index < -0.39 is 17.6 Å². The molecule has 4 nitrogen and oxygen atoms in total. The zero-order valence-corrected chi connectivity index (χ0v) is 10.8. The van der Waals surface area contributed by atoms with E-state index in [9.17, 15) is 14.0 Å². The summed E-state index contributed by atoms with van der Waals surface area (Å²) in [5.41, 5.74) is 6.11. The number of carbonyl (C=O) groups excluding carboxylic acids is 2. The molecule has 0 unspecified atom stereocenters. The van der Waals surface area contributed by atoms with Crippen LogP contribution in [0.5, 0.6) is 0 Å². The van der Waals surface area contributed by atoms with Crippen LogP contribution in [0.3, 0.4) is 0 Å². The third-order valence-corrected chi connectivity index (χ3v) is 3.56. The highest BCUT2D eigenvalue weighted by molar-refractivity contribution is 5.95. The monoisotopic (exact) mass is 264 g/mol. The van der Waals surface area contributed by atoms with Crippen molar-refractivity contribution < 1.29 is 14.0 Å². The summed E-state index contributed by atoms with van der Waals surface area (Å²) in [4.78, 5) is 23.3. The summed E-state index contributed by atoms with van der Waals surface area (Å²) >= 11 is 0. The Morgan fingerprint density at radius 1 is 1.37 bits per heavy atom. The minimum atomic E-state index is -0.559. The largest absolute Gasteiger partial charge is 0.369 e. The fraction of sp³-hybridized carbons (Fsp3) is 0.429. The van der Waals surface area contributed by atoms with Crippen LogP contribution < -0.4 is 11.1 Å². The zero-order chi connectivity index (χ0) is 14.0. The second-order valence-corrected chi connectivity index (χ2v) is 5.00. The molecule has 1 aliphatic rings. The molecule has 1 fully saturated rings. The number of halogens is 1. The van der Waals surface area contributed by atoms with Crippen molar-refractivity contribution in [2.45, 2.75) is 32.2 Å². The number of benzene rings is 1. The predicted octanol–water partition coefficient (Wildman–Crippen LogP) is 1.52. The molecule has 0 aliphatic heterocycles. The van der Waals surface area contributed by atoms with E-state index in [-0.39, 0.29) is 17.5 Å². The summed E-state index contributed by atoms with van der Waals surface area (Å²) < 4.78 is 13.6. The molecular formula is C14H17FN2O2. The highest BCUT2D eigenvalue weighted by Gasteiger charge is 2.33. The number of amides is 2. The van der Waals surface area contributed by atoms with Gasteiger partial charge in [-0.3, -0.25) is 9.59 Å². The highest BCUT2D eigenvalue weighted by Crippen LogP contribution is 2.25. The van der Waals surface area contributed by atoms with Crippen LogP contribution in [0.4, 0.5) is 4.39 Å². The zero-order valence-electron chi connectivity index (χ0n) is 10.8. The Morgan fingerprint density at radius 3 is 2.79 bits per heavy atom. The van der Waals surface area contributed by atoms with Gasteiger partial charge in [-0.25, -0.2) is 4.39 Å². The van der Waals surface area contributed by atoms with Gasteiger partial charge in [-0.15, -0.1) is 0 Å². The average molecular weight is 264 g/mol. The Hall–Kier alpha value is -1.91. The second kappa shape index (κ2) is 5.38. The van der Waals surface area contributed by atoms with E-state index in [0.717, 1.165) is 12.0 Å². The van der Waals surface area contributed by atoms with Crippen molar-refractivity contribution in [2.75, 3.05) is 0 Å². The van der Waals surface area contributed by atoms with Gasteiger partial charge in [-0.1, -0.05) is 18.1 Å². The predicted molar refractivity (Wildman–Crippen MR) is 68.9 cm³/mol. The molecule has 102 valence electrons. The first kappa shape index (κ1) is 13.5. The van der Waals surface area contributed by atoms with Crippen LogP contribution in [-0.2, 0) is 4.79 Å². The Bertz CT molecular complexity index is 516. The quantitative estimate of drug-likeness (QED) is 0.868. The van der Waals surface area contributed by atoms with Gasteiger partial charge in [0.25, 0.3) is 5.91 Å². The molecule has 0 aromatic heterocycles. The van der Waals surface area contributed by atoms with Crippen LogP contribution in [0, 0.1) is 18.7 Å². The highest BCUT2D eigenvalue weighted by atomic mass is 19.1. The lowest BCUT2D eigenvalue weighted by Crippen LogP contribution is -2.42. The summed E-state index contributed by atoms with van der Waals surface area (Å²) in [6.45, 7) is 1.79. The van der Waals surface area contributed by atoms with Gasteiger partial charge in [0.2, 0.25) is 5.91 Å². The molecule has 1 aromatic carbocycles. The molecule has 0 saturated heterocycles. The SMILES string of the molecule is Cc1ccc(F)c(C(=O)N[C@@H]2CCC[C@H]2C(N)=O)c1. The number of hydrogen-bond donors (Lipinski definition) is 2. The molecule has 0 bridgehead atoms. The maximum atomic E-state index is 13.6. The van der Waals surface area contributed by atoms with Crippen LogP contribution in [0.15, 0.2) is 18.2 Å². The lowest BCUT2D eigenvalue weighted by atomic mass is 10.0. The van der Waals surface area contributed by atoms with Gasteiger partial charge in [-0.05, 0) is 31.9 Å². The van der Waals surface area contributed by atoms with E-state index in [1.165, 1.54) is 12.1 Å². The van der Waals surface area contributed by atoms with Gasteiger partial charge >= 0.3 is 0 Å². The molecule has 0 heterocycles. The lowest BCUT2D eigenvalue weighted by Gasteiger charge is -2.18. The summed E-state index contributed by atoms with van der Waals surface area (Å²) in [6, 6.07) is 4.09. The molecule has 1 saturated carbocycles. The minimum Gasteiger partial charge on any atom is -0.369 e. The first-order valence-electron chi connectivity index (χ1n) is 6.35. The Labute approximate surface area is 111 Å². The first-order chi connectivity index (χ1) is 8.99. The number of rotatable bonds is 3. The van der Waals surface area contributed by atoms with Gasteiger partial charge in [0.05, 0.1) is 11.5 Å². The average Bonchev–Trinajstić information content (AvgIpc) is 2.80. The maximum Gasteiger partial charge on any atom is 0.254 e. The number of nitrogens with two attached hydrogens (primary N) is 1. The topological polar surface area (TPSA) is 72.2 Å². The number of primary amides is 1. The van der Waals surface area contributed by atoms with Crippen molar-refractivity contribution in [3.63, 3.8) is 0 Å². The van der Waals surface area contributed by atoms with Crippen LogP contribution in [-0.4, -0.2) is 17.9 Å². The standard InChI is InChI=1S/C14H17FN2O2/c1-8-5-6-11(15)10(7-8)14(19)17-12-4-2-3-9(12)13(16)18/h5-7,9,12H,2-4H2,1H3,(H2,16,18)(H,17,19)/t9-,12-/m1/s1. The summed E-state index contributed by atoms with van der Waals surface area (Å²) in [6.07, 6.45) is 2.22. The molecule has 2 atom stereocenters. The van der Waals surface area contributed by atoms with E-state index in [4.69, 9.17) is 5.73 Å². The van der Waals surface area contributed by atoms with E-state index in [1.54, 1.807) is 13.0 Å². The van der Waals surface area contributed by atoms with E-state index in [2.05, 4.69) is 5.32 Å². The van der Waals surface area contributed by atoms with Crippen LogP contribution in [0.1, 0.15) is 35.2 Å². The molecular weight excluding hydrogens is 247 g/mol. The summed E-state index contributed by atoms with van der Waals surface area (Å²) in [5.74, 6) is -1.81. The normalized spacial score (nSPS) is 22.2. The van der Waals surface area contributed by atoms with Gasteiger partial charge in [0.15, 0.2) is 0 Å².